The normalized spacial score (nSPS) is 26.7. The summed E-state index contributed by atoms with van der Waals surface area (Å²) in [4.78, 5) is 13.3. The Morgan fingerprint density at radius 1 is 1.56 bits per heavy atom. The Labute approximate surface area is 102 Å². The SMILES string of the molecule is CC(C)(C)OC(=O)N1CCC[C@@](O)(CS)C1. The maximum absolute atomic E-state index is 11.8. The zero-order valence-electron chi connectivity index (χ0n) is 10.2. The topological polar surface area (TPSA) is 49.8 Å². The fraction of sp³-hybridized carbons (Fsp3) is 0.909. The number of β-amino-alcohol motifs (C(OH)–C–C–N with tert-alkyl or cyclic N) is 1. The number of carbonyl (C=O) groups excluding carboxylic acids is 1. The molecule has 16 heavy (non-hydrogen) atoms. The van der Waals surface area contributed by atoms with Crippen LogP contribution in [0, 0.1) is 0 Å². The van der Waals surface area contributed by atoms with Crippen LogP contribution in [-0.4, -0.2) is 46.1 Å². The predicted molar refractivity (Wildman–Crippen MR) is 65.8 cm³/mol. The number of ether oxygens (including phenoxy) is 1. The molecule has 0 aromatic heterocycles. The molecule has 0 aromatic rings. The second-order valence-corrected chi connectivity index (χ2v) is 5.70. The fourth-order valence-electron chi connectivity index (χ4n) is 1.72. The molecular formula is C11H21NO3S. The van der Waals surface area contributed by atoms with E-state index in [9.17, 15) is 9.90 Å². The first kappa shape index (κ1) is 13.6. The van der Waals surface area contributed by atoms with Crippen LogP contribution < -0.4 is 0 Å². The lowest BCUT2D eigenvalue weighted by Gasteiger charge is -2.38. The van der Waals surface area contributed by atoms with E-state index < -0.39 is 11.2 Å². The molecule has 0 bridgehead atoms. The summed E-state index contributed by atoms with van der Waals surface area (Å²) in [6.45, 7) is 6.45. The number of nitrogens with zero attached hydrogens (tertiary/aromatic N) is 1. The van der Waals surface area contributed by atoms with Gasteiger partial charge < -0.3 is 14.7 Å². The second-order valence-electron chi connectivity index (χ2n) is 5.39. The number of thiol groups is 1. The number of aliphatic hydroxyl groups is 1. The molecule has 0 saturated carbocycles. The van der Waals surface area contributed by atoms with Gasteiger partial charge in [0, 0.05) is 12.3 Å². The van der Waals surface area contributed by atoms with Crippen molar-refractivity contribution in [3.05, 3.63) is 0 Å². The maximum atomic E-state index is 11.8. The van der Waals surface area contributed by atoms with Gasteiger partial charge in [-0.15, -0.1) is 0 Å². The van der Waals surface area contributed by atoms with E-state index in [2.05, 4.69) is 12.6 Å². The van der Waals surface area contributed by atoms with Crippen LogP contribution in [0.3, 0.4) is 0 Å². The van der Waals surface area contributed by atoms with Crippen LogP contribution in [0.15, 0.2) is 0 Å². The molecule has 1 heterocycles. The number of hydrogen-bond donors (Lipinski definition) is 2. The Hall–Kier alpha value is -0.420. The number of hydrogen-bond acceptors (Lipinski definition) is 4. The second kappa shape index (κ2) is 4.84. The monoisotopic (exact) mass is 247 g/mol. The van der Waals surface area contributed by atoms with Crippen molar-refractivity contribution in [3.63, 3.8) is 0 Å². The zero-order valence-corrected chi connectivity index (χ0v) is 11.1. The molecular weight excluding hydrogens is 226 g/mol. The summed E-state index contributed by atoms with van der Waals surface area (Å²) < 4.78 is 5.27. The third-order valence-corrected chi connectivity index (χ3v) is 3.09. The van der Waals surface area contributed by atoms with Gasteiger partial charge >= 0.3 is 6.09 Å². The molecule has 0 spiro atoms. The average molecular weight is 247 g/mol. The summed E-state index contributed by atoms with van der Waals surface area (Å²) in [5, 5.41) is 10.1. The van der Waals surface area contributed by atoms with Gasteiger partial charge in [0.2, 0.25) is 0 Å². The number of amides is 1. The van der Waals surface area contributed by atoms with Crippen LogP contribution in [0.2, 0.25) is 0 Å². The van der Waals surface area contributed by atoms with Crippen molar-refractivity contribution in [1.29, 1.82) is 0 Å². The van der Waals surface area contributed by atoms with Gasteiger partial charge in [0.15, 0.2) is 0 Å². The number of piperidine rings is 1. The Morgan fingerprint density at radius 3 is 2.69 bits per heavy atom. The molecule has 1 aliphatic rings. The zero-order chi connectivity index (χ0) is 12.4. The molecule has 0 aliphatic carbocycles. The van der Waals surface area contributed by atoms with E-state index in [-0.39, 0.29) is 6.09 Å². The number of rotatable bonds is 1. The van der Waals surface area contributed by atoms with Crippen molar-refractivity contribution in [2.75, 3.05) is 18.8 Å². The molecule has 0 unspecified atom stereocenters. The Balaban J connectivity index is 2.57. The molecule has 5 heteroatoms. The molecule has 1 N–H and O–H groups in total. The van der Waals surface area contributed by atoms with Gasteiger partial charge in [-0.1, -0.05) is 0 Å². The molecule has 1 aliphatic heterocycles. The summed E-state index contributed by atoms with van der Waals surface area (Å²) in [5.74, 6) is 0.367. The van der Waals surface area contributed by atoms with Crippen molar-refractivity contribution in [2.24, 2.45) is 0 Å². The van der Waals surface area contributed by atoms with E-state index in [0.717, 1.165) is 6.42 Å². The van der Waals surface area contributed by atoms with Gasteiger partial charge in [-0.25, -0.2) is 4.79 Å². The highest BCUT2D eigenvalue weighted by Gasteiger charge is 2.35. The van der Waals surface area contributed by atoms with Crippen molar-refractivity contribution in [3.8, 4) is 0 Å². The fourth-order valence-corrected chi connectivity index (χ4v) is 1.98. The first-order chi connectivity index (χ1) is 7.26. The van der Waals surface area contributed by atoms with E-state index in [1.807, 2.05) is 20.8 Å². The highest BCUT2D eigenvalue weighted by Crippen LogP contribution is 2.23. The molecule has 4 nitrogen and oxygen atoms in total. The molecule has 1 amide bonds. The van der Waals surface area contributed by atoms with E-state index >= 15 is 0 Å². The van der Waals surface area contributed by atoms with Gasteiger partial charge in [-0.05, 0) is 33.6 Å². The van der Waals surface area contributed by atoms with Gasteiger partial charge in [0.05, 0.1) is 12.1 Å². The molecule has 1 atom stereocenters. The highest BCUT2D eigenvalue weighted by atomic mass is 32.1. The minimum atomic E-state index is -0.863. The van der Waals surface area contributed by atoms with Gasteiger partial charge in [0.25, 0.3) is 0 Å². The summed E-state index contributed by atoms with van der Waals surface area (Å²) in [5.41, 5.74) is -1.36. The quantitative estimate of drug-likeness (QED) is 0.693. The smallest absolute Gasteiger partial charge is 0.410 e. The lowest BCUT2D eigenvalue weighted by atomic mass is 9.95. The summed E-state index contributed by atoms with van der Waals surface area (Å²) in [7, 11) is 0. The number of carbonyl (C=O) groups is 1. The Morgan fingerprint density at radius 2 is 2.19 bits per heavy atom. The number of likely N-dealkylation sites (tertiary alicyclic amines) is 1. The van der Waals surface area contributed by atoms with Crippen molar-refractivity contribution >= 4 is 18.7 Å². The van der Waals surface area contributed by atoms with E-state index in [1.54, 1.807) is 4.90 Å². The summed E-state index contributed by atoms with van der Waals surface area (Å²) in [6, 6.07) is 0. The highest BCUT2D eigenvalue weighted by molar-refractivity contribution is 7.80. The standard InChI is InChI=1S/C11H21NO3S/c1-10(2,3)15-9(13)12-6-4-5-11(14,7-12)8-16/h14,16H,4-8H2,1-3H3/t11-/m0/s1. The average Bonchev–Trinajstić information content (AvgIpc) is 2.15. The molecule has 1 fully saturated rings. The molecule has 1 rings (SSSR count). The van der Waals surface area contributed by atoms with Crippen LogP contribution in [0.4, 0.5) is 4.79 Å². The van der Waals surface area contributed by atoms with Crippen LogP contribution in [0.1, 0.15) is 33.6 Å². The van der Waals surface area contributed by atoms with Gasteiger partial charge in [-0.2, -0.15) is 12.6 Å². The lowest BCUT2D eigenvalue weighted by molar-refractivity contribution is -0.0300. The maximum Gasteiger partial charge on any atom is 0.410 e. The molecule has 1 saturated heterocycles. The van der Waals surface area contributed by atoms with Crippen molar-refractivity contribution in [1.82, 2.24) is 4.90 Å². The Kier molecular flexibility index (Phi) is 4.12. The summed E-state index contributed by atoms with van der Waals surface area (Å²) in [6.07, 6.45) is 1.12. The first-order valence-corrected chi connectivity index (χ1v) is 6.20. The van der Waals surface area contributed by atoms with Crippen LogP contribution >= 0.6 is 12.6 Å². The first-order valence-electron chi connectivity index (χ1n) is 5.57. The minimum Gasteiger partial charge on any atom is -0.444 e. The third kappa shape index (κ3) is 3.87. The summed E-state index contributed by atoms with van der Waals surface area (Å²) >= 11 is 4.12. The molecule has 0 radical (unpaired) electrons. The largest absolute Gasteiger partial charge is 0.444 e. The molecule has 0 aromatic carbocycles. The van der Waals surface area contributed by atoms with Gasteiger partial charge in [-0.3, -0.25) is 0 Å². The van der Waals surface area contributed by atoms with E-state index in [1.165, 1.54) is 0 Å². The predicted octanol–water partition coefficient (Wildman–Crippen LogP) is 1.68. The Bertz CT molecular complexity index is 264. The van der Waals surface area contributed by atoms with Crippen LogP contribution in [0.25, 0.3) is 0 Å². The van der Waals surface area contributed by atoms with Crippen LogP contribution in [-0.2, 0) is 4.74 Å². The van der Waals surface area contributed by atoms with Crippen molar-refractivity contribution < 1.29 is 14.6 Å². The minimum absolute atomic E-state index is 0.311. The van der Waals surface area contributed by atoms with Crippen LogP contribution in [0.5, 0.6) is 0 Å². The van der Waals surface area contributed by atoms with Crippen molar-refractivity contribution in [2.45, 2.75) is 44.8 Å². The third-order valence-electron chi connectivity index (χ3n) is 2.50. The lowest BCUT2D eigenvalue weighted by Crippen LogP contribution is -2.52. The molecule has 94 valence electrons. The van der Waals surface area contributed by atoms with E-state index in [4.69, 9.17) is 4.74 Å². The van der Waals surface area contributed by atoms with E-state index in [0.29, 0.717) is 25.3 Å². The van der Waals surface area contributed by atoms with Gasteiger partial charge in [0.1, 0.15) is 5.60 Å².